The number of hydrogen-bond acceptors (Lipinski definition) is 3. The number of carbonyl (C=O) groups excluding carboxylic acids is 1. The molecule has 1 amide bonds. The summed E-state index contributed by atoms with van der Waals surface area (Å²) in [5.74, 6) is -0.412. The highest BCUT2D eigenvalue weighted by Gasteiger charge is 2.20. The third kappa shape index (κ3) is 4.43. The van der Waals surface area contributed by atoms with Crippen molar-refractivity contribution >= 4 is 21.6 Å². The van der Waals surface area contributed by atoms with Crippen LogP contribution in [0.1, 0.15) is 22.3 Å². The Morgan fingerprint density at radius 1 is 0.917 bits per heavy atom. The van der Waals surface area contributed by atoms with Crippen molar-refractivity contribution < 1.29 is 13.2 Å². The van der Waals surface area contributed by atoms with Gasteiger partial charge >= 0.3 is 0 Å². The molecule has 0 aromatic heterocycles. The molecule has 5 nitrogen and oxygen atoms in total. The van der Waals surface area contributed by atoms with Crippen LogP contribution in [0.15, 0.2) is 41.3 Å². The monoisotopic (exact) mass is 346 g/mol. The molecule has 0 aliphatic heterocycles. The molecule has 0 bridgehead atoms. The van der Waals surface area contributed by atoms with Gasteiger partial charge in [-0.15, -0.1) is 0 Å². The van der Waals surface area contributed by atoms with E-state index in [9.17, 15) is 13.2 Å². The van der Waals surface area contributed by atoms with E-state index in [2.05, 4.69) is 10.0 Å². The predicted octanol–water partition coefficient (Wildman–Crippen LogP) is 2.84. The molecule has 2 aromatic rings. The number of rotatable bonds is 5. The molecular formula is C18H22N2O3S. The zero-order valence-corrected chi connectivity index (χ0v) is 15.1. The molecule has 2 aromatic carbocycles. The summed E-state index contributed by atoms with van der Waals surface area (Å²) in [5.41, 5.74) is 4.05. The molecule has 2 rings (SSSR count). The van der Waals surface area contributed by atoms with Gasteiger partial charge < -0.3 is 5.32 Å². The summed E-state index contributed by atoms with van der Waals surface area (Å²) in [7, 11) is -3.74. The average Bonchev–Trinajstić information content (AvgIpc) is 2.46. The van der Waals surface area contributed by atoms with Gasteiger partial charge in [-0.1, -0.05) is 35.4 Å². The van der Waals surface area contributed by atoms with Crippen LogP contribution < -0.4 is 10.0 Å². The second kappa shape index (κ2) is 7.15. The molecule has 0 heterocycles. The van der Waals surface area contributed by atoms with Crippen LogP contribution in [0, 0.1) is 27.7 Å². The lowest BCUT2D eigenvalue weighted by Crippen LogP contribution is -2.33. The number of amides is 1. The van der Waals surface area contributed by atoms with Crippen LogP contribution in [-0.2, 0) is 14.8 Å². The summed E-state index contributed by atoms with van der Waals surface area (Å²) in [4.78, 5) is 12.2. The molecule has 0 spiro atoms. The van der Waals surface area contributed by atoms with Gasteiger partial charge in [0.25, 0.3) is 0 Å². The molecule has 128 valence electrons. The van der Waals surface area contributed by atoms with Crippen molar-refractivity contribution in [3.05, 3.63) is 58.7 Å². The molecule has 0 radical (unpaired) electrons. The number of aryl methyl sites for hydroxylation is 4. The van der Waals surface area contributed by atoms with Crippen molar-refractivity contribution in [3.8, 4) is 0 Å². The van der Waals surface area contributed by atoms with Crippen molar-refractivity contribution in [3.63, 3.8) is 0 Å². The third-order valence-corrected chi connectivity index (χ3v) is 5.34. The van der Waals surface area contributed by atoms with Crippen molar-refractivity contribution in [2.24, 2.45) is 0 Å². The highest BCUT2D eigenvalue weighted by Crippen LogP contribution is 2.21. The minimum absolute atomic E-state index is 0.233. The topological polar surface area (TPSA) is 75.3 Å². The first-order valence-electron chi connectivity index (χ1n) is 7.63. The first-order chi connectivity index (χ1) is 11.2. The van der Waals surface area contributed by atoms with Crippen LogP contribution in [0.5, 0.6) is 0 Å². The van der Waals surface area contributed by atoms with Crippen LogP contribution in [0.3, 0.4) is 0 Å². The molecule has 0 saturated carbocycles. The zero-order valence-electron chi connectivity index (χ0n) is 14.3. The second-order valence-electron chi connectivity index (χ2n) is 5.97. The maximum atomic E-state index is 12.5. The van der Waals surface area contributed by atoms with E-state index in [1.165, 1.54) is 0 Å². The van der Waals surface area contributed by atoms with E-state index in [0.29, 0.717) is 16.8 Å². The molecule has 2 N–H and O–H groups in total. The van der Waals surface area contributed by atoms with Crippen LogP contribution in [0.2, 0.25) is 0 Å². The predicted molar refractivity (Wildman–Crippen MR) is 95.7 cm³/mol. The molecule has 6 heteroatoms. The maximum absolute atomic E-state index is 12.5. The van der Waals surface area contributed by atoms with Gasteiger partial charge in [0.1, 0.15) is 0 Å². The van der Waals surface area contributed by atoms with E-state index in [0.717, 1.165) is 11.1 Å². The van der Waals surface area contributed by atoms with Crippen LogP contribution in [-0.4, -0.2) is 20.9 Å². The highest BCUT2D eigenvalue weighted by molar-refractivity contribution is 7.89. The molecule has 0 unspecified atom stereocenters. The number of anilines is 1. The first-order valence-corrected chi connectivity index (χ1v) is 9.11. The Morgan fingerprint density at radius 2 is 1.46 bits per heavy atom. The lowest BCUT2D eigenvalue weighted by atomic mass is 10.1. The smallest absolute Gasteiger partial charge is 0.241 e. The molecule has 0 aliphatic carbocycles. The molecule has 0 saturated heterocycles. The number of carbonyl (C=O) groups is 1. The molecule has 0 atom stereocenters. The van der Waals surface area contributed by atoms with Crippen molar-refractivity contribution in [2.45, 2.75) is 32.6 Å². The Hall–Kier alpha value is -2.18. The van der Waals surface area contributed by atoms with Gasteiger partial charge in [0.15, 0.2) is 0 Å². The second-order valence-corrected chi connectivity index (χ2v) is 7.67. The number of sulfonamides is 1. The summed E-state index contributed by atoms with van der Waals surface area (Å²) in [6, 6.07) is 10.9. The van der Waals surface area contributed by atoms with Gasteiger partial charge in [-0.05, 0) is 51.0 Å². The molecule has 0 fully saturated rings. The van der Waals surface area contributed by atoms with Crippen molar-refractivity contribution in [2.75, 3.05) is 11.9 Å². The molecular weight excluding hydrogens is 324 g/mol. The zero-order chi connectivity index (χ0) is 17.9. The van der Waals surface area contributed by atoms with Crippen molar-refractivity contribution in [1.82, 2.24) is 4.72 Å². The Labute approximate surface area is 143 Å². The van der Waals surface area contributed by atoms with Crippen LogP contribution in [0.25, 0.3) is 0 Å². The summed E-state index contributed by atoms with van der Waals surface area (Å²) in [5, 5.41) is 2.67. The lowest BCUT2D eigenvalue weighted by molar-refractivity contribution is -0.115. The van der Waals surface area contributed by atoms with Gasteiger partial charge in [0.05, 0.1) is 11.4 Å². The standard InChI is InChI=1S/C18H22N2O3S/c1-12-5-7-16(8-6-12)20-17(21)11-19-24(22,23)18-14(3)9-13(2)10-15(18)4/h5-10,19H,11H2,1-4H3,(H,20,21). The Kier molecular flexibility index (Phi) is 5.41. The van der Waals surface area contributed by atoms with Gasteiger partial charge in [0, 0.05) is 5.69 Å². The summed E-state index contributed by atoms with van der Waals surface area (Å²) >= 11 is 0. The molecule has 0 aliphatic rings. The van der Waals surface area contributed by atoms with Gasteiger partial charge in [-0.2, -0.15) is 0 Å². The van der Waals surface area contributed by atoms with E-state index >= 15 is 0 Å². The van der Waals surface area contributed by atoms with Crippen molar-refractivity contribution in [1.29, 1.82) is 0 Å². The highest BCUT2D eigenvalue weighted by atomic mass is 32.2. The minimum atomic E-state index is -3.74. The van der Waals surface area contributed by atoms with Gasteiger partial charge in [-0.3, -0.25) is 4.79 Å². The van der Waals surface area contributed by atoms with Gasteiger partial charge in [-0.25, -0.2) is 13.1 Å². The fourth-order valence-corrected chi connectivity index (χ4v) is 4.10. The Balaban J connectivity index is 2.07. The SMILES string of the molecule is Cc1ccc(NC(=O)CNS(=O)(=O)c2c(C)cc(C)cc2C)cc1. The van der Waals surface area contributed by atoms with E-state index in [1.807, 2.05) is 38.1 Å². The minimum Gasteiger partial charge on any atom is -0.325 e. The third-order valence-electron chi connectivity index (χ3n) is 3.63. The fourth-order valence-electron chi connectivity index (χ4n) is 2.67. The number of nitrogens with one attached hydrogen (secondary N) is 2. The van der Waals surface area contributed by atoms with Crippen LogP contribution >= 0.6 is 0 Å². The van der Waals surface area contributed by atoms with Crippen LogP contribution in [0.4, 0.5) is 5.69 Å². The Bertz CT molecular complexity index is 833. The van der Waals surface area contributed by atoms with E-state index < -0.39 is 15.9 Å². The summed E-state index contributed by atoms with van der Waals surface area (Å²) < 4.78 is 27.4. The Morgan fingerprint density at radius 3 is 2.00 bits per heavy atom. The number of benzene rings is 2. The maximum Gasteiger partial charge on any atom is 0.241 e. The number of hydrogen-bond donors (Lipinski definition) is 2. The normalized spacial score (nSPS) is 11.3. The first kappa shape index (κ1) is 18.2. The molecule has 24 heavy (non-hydrogen) atoms. The summed E-state index contributed by atoms with van der Waals surface area (Å²) in [6.07, 6.45) is 0. The quantitative estimate of drug-likeness (QED) is 0.874. The van der Waals surface area contributed by atoms with E-state index in [1.54, 1.807) is 26.0 Å². The van der Waals surface area contributed by atoms with E-state index in [-0.39, 0.29) is 11.4 Å². The fraction of sp³-hybridized carbons (Fsp3) is 0.278. The summed E-state index contributed by atoms with van der Waals surface area (Å²) in [6.45, 7) is 7.05. The average molecular weight is 346 g/mol. The largest absolute Gasteiger partial charge is 0.325 e. The van der Waals surface area contributed by atoms with Gasteiger partial charge in [0.2, 0.25) is 15.9 Å². The lowest BCUT2D eigenvalue weighted by Gasteiger charge is -2.13. The van der Waals surface area contributed by atoms with E-state index in [4.69, 9.17) is 0 Å².